The van der Waals surface area contributed by atoms with Gasteiger partial charge < -0.3 is 14.0 Å². The monoisotopic (exact) mass is 214 g/mol. The quantitative estimate of drug-likeness (QED) is 0.701. The second-order valence-electron chi connectivity index (χ2n) is 3.28. The largest absolute Gasteiger partial charge is 0.454 e. The van der Waals surface area contributed by atoms with Gasteiger partial charge in [-0.25, -0.2) is 0 Å². The molecule has 1 aromatic heterocycles. The summed E-state index contributed by atoms with van der Waals surface area (Å²) in [5.41, 5.74) is 0.813. The molecule has 16 heavy (non-hydrogen) atoms. The fourth-order valence-corrected chi connectivity index (χ4v) is 1.49. The molecule has 0 saturated heterocycles. The van der Waals surface area contributed by atoms with Gasteiger partial charge in [-0.1, -0.05) is 5.16 Å². The Labute approximate surface area is 92.8 Å². The van der Waals surface area contributed by atoms with E-state index in [1.54, 1.807) is 0 Å². The highest BCUT2D eigenvalue weighted by molar-refractivity contribution is 6.07. The van der Waals surface area contributed by atoms with Gasteiger partial charge in [0, 0.05) is 5.56 Å². The predicted octanol–water partition coefficient (Wildman–Crippen LogP) is 1.13. The van der Waals surface area contributed by atoms with Gasteiger partial charge in [0.2, 0.25) is 18.5 Å². The van der Waals surface area contributed by atoms with E-state index in [1.165, 1.54) is 0 Å². The first-order valence-corrected chi connectivity index (χ1v) is 4.79. The lowest BCUT2D eigenvalue weighted by molar-refractivity contribution is 0.174. The number of benzene rings is 1. The van der Waals surface area contributed by atoms with Crippen LogP contribution in [-0.2, 0) is 6.32 Å². The Morgan fingerprint density at radius 1 is 1.25 bits per heavy atom. The van der Waals surface area contributed by atoms with Crippen LogP contribution in [0.2, 0.25) is 0 Å². The van der Waals surface area contributed by atoms with Crippen molar-refractivity contribution in [2.24, 2.45) is 0 Å². The predicted molar refractivity (Wildman–Crippen MR) is 55.3 cm³/mol. The van der Waals surface area contributed by atoms with Gasteiger partial charge >= 0.3 is 0 Å². The molecule has 1 aromatic carbocycles. The standard InChI is InChI=1S/C10H7BN2O3/c11-4-9-12-10(13-16-9)6-1-2-7-8(3-6)15-5-14-7/h1-3H,4-5H2. The minimum atomic E-state index is 0.234. The number of hydrogen-bond acceptors (Lipinski definition) is 5. The maximum absolute atomic E-state index is 5.39. The molecule has 1 aliphatic rings. The minimum absolute atomic E-state index is 0.234. The van der Waals surface area contributed by atoms with Crippen LogP contribution < -0.4 is 9.47 Å². The molecule has 6 heteroatoms. The van der Waals surface area contributed by atoms with E-state index in [2.05, 4.69) is 10.1 Å². The normalized spacial score (nSPS) is 13.0. The Morgan fingerprint density at radius 3 is 2.94 bits per heavy atom. The van der Waals surface area contributed by atoms with Crippen molar-refractivity contribution in [3.63, 3.8) is 0 Å². The summed E-state index contributed by atoms with van der Waals surface area (Å²) in [5, 5.41) is 3.82. The van der Waals surface area contributed by atoms with Crippen LogP contribution in [0.5, 0.6) is 11.5 Å². The number of hydrogen-bond donors (Lipinski definition) is 0. The van der Waals surface area contributed by atoms with E-state index >= 15 is 0 Å². The molecule has 2 heterocycles. The van der Waals surface area contributed by atoms with Gasteiger partial charge in [-0.2, -0.15) is 4.98 Å². The van der Waals surface area contributed by atoms with Crippen LogP contribution in [0, 0.1) is 0 Å². The first-order chi connectivity index (χ1) is 7.86. The molecule has 3 rings (SSSR count). The topological polar surface area (TPSA) is 57.4 Å². The second-order valence-corrected chi connectivity index (χ2v) is 3.28. The van der Waals surface area contributed by atoms with Gasteiger partial charge in [-0.15, -0.1) is 0 Å². The average Bonchev–Trinajstić information content (AvgIpc) is 2.96. The van der Waals surface area contributed by atoms with Gasteiger partial charge in [-0.3, -0.25) is 0 Å². The third-order valence-electron chi connectivity index (χ3n) is 2.27. The third kappa shape index (κ3) is 1.43. The van der Waals surface area contributed by atoms with Gasteiger partial charge in [0.25, 0.3) is 0 Å². The minimum Gasteiger partial charge on any atom is -0.454 e. The number of nitrogens with zero attached hydrogens (tertiary/aromatic N) is 2. The van der Waals surface area contributed by atoms with Crippen LogP contribution in [0.3, 0.4) is 0 Å². The van der Waals surface area contributed by atoms with Crippen molar-refractivity contribution >= 4 is 7.85 Å². The van der Waals surface area contributed by atoms with Crippen LogP contribution in [-0.4, -0.2) is 24.8 Å². The van der Waals surface area contributed by atoms with Gasteiger partial charge in [0.15, 0.2) is 11.5 Å². The molecule has 0 amide bonds. The van der Waals surface area contributed by atoms with E-state index in [1.807, 2.05) is 18.2 Å². The Hall–Kier alpha value is -1.98. The molecule has 5 nitrogen and oxygen atoms in total. The Balaban J connectivity index is 2.00. The van der Waals surface area contributed by atoms with E-state index in [0.29, 0.717) is 17.5 Å². The smallest absolute Gasteiger partial charge is 0.231 e. The molecule has 78 valence electrons. The number of fused-ring (bicyclic) bond motifs is 1. The van der Waals surface area contributed by atoms with Crippen LogP contribution >= 0.6 is 0 Å². The van der Waals surface area contributed by atoms with Crippen molar-refractivity contribution in [1.29, 1.82) is 0 Å². The van der Waals surface area contributed by atoms with Crippen molar-refractivity contribution in [3.8, 4) is 22.9 Å². The van der Waals surface area contributed by atoms with Crippen molar-refractivity contribution in [1.82, 2.24) is 10.1 Å². The zero-order valence-corrected chi connectivity index (χ0v) is 8.34. The second kappa shape index (κ2) is 3.55. The highest BCUT2D eigenvalue weighted by Gasteiger charge is 2.15. The van der Waals surface area contributed by atoms with Crippen molar-refractivity contribution < 1.29 is 14.0 Å². The van der Waals surface area contributed by atoms with Crippen LogP contribution in [0.4, 0.5) is 0 Å². The van der Waals surface area contributed by atoms with E-state index in [0.717, 1.165) is 11.3 Å². The van der Waals surface area contributed by atoms with Crippen LogP contribution in [0.25, 0.3) is 11.4 Å². The van der Waals surface area contributed by atoms with Crippen molar-refractivity contribution in [2.75, 3.05) is 6.79 Å². The fraction of sp³-hybridized carbons (Fsp3) is 0.200. The number of aromatic nitrogens is 2. The first kappa shape index (κ1) is 9.27. The molecule has 1 aliphatic heterocycles. The van der Waals surface area contributed by atoms with Gasteiger partial charge in [-0.05, 0) is 24.5 Å². The molecule has 0 atom stereocenters. The van der Waals surface area contributed by atoms with E-state index in [4.69, 9.17) is 21.8 Å². The number of rotatable bonds is 2. The SMILES string of the molecule is [B]Cc1nc(-c2ccc3c(c2)OCO3)no1. The summed E-state index contributed by atoms with van der Waals surface area (Å²) >= 11 is 0. The average molecular weight is 214 g/mol. The van der Waals surface area contributed by atoms with E-state index in [-0.39, 0.29) is 13.1 Å². The van der Waals surface area contributed by atoms with Gasteiger partial charge in [0.1, 0.15) is 0 Å². The lowest BCUT2D eigenvalue weighted by Gasteiger charge is -1.97. The van der Waals surface area contributed by atoms with E-state index in [9.17, 15) is 0 Å². The molecule has 0 aliphatic carbocycles. The third-order valence-corrected chi connectivity index (χ3v) is 2.27. The molecule has 2 radical (unpaired) electrons. The summed E-state index contributed by atoms with van der Waals surface area (Å²) in [6.45, 7) is 0.249. The van der Waals surface area contributed by atoms with Gasteiger partial charge in [0.05, 0.1) is 7.85 Å². The zero-order valence-electron chi connectivity index (χ0n) is 8.34. The summed E-state index contributed by atoms with van der Waals surface area (Å²) in [7, 11) is 5.39. The summed E-state index contributed by atoms with van der Waals surface area (Å²) in [6.07, 6.45) is 0.234. The Bertz CT molecular complexity index is 527. The maximum Gasteiger partial charge on any atom is 0.231 e. The molecule has 2 aromatic rings. The number of ether oxygens (including phenoxy) is 2. The highest BCUT2D eigenvalue weighted by Crippen LogP contribution is 2.34. The molecule has 0 bridgehead atoms. The Kier molecular flexibility index (Phi) is 2.06. The highest BCUT2D eigenvalue weighted by atomic mass is 16.7. The first-order valence-electron chi connectivity index (χ1n) is 4.79. The maximum atomic E-state index is 5.39. The molecule has 0 spiro atoms. The Morgan fingerprint density at radius 2 is 2.12 bits per heavy atom. The molecular formula is C10H7BN2O3. The van der Waals surface area contributed by atoms with E-state index < -0.39 is 0 Å². The van der Waals surface area contributed by atoms with Crippen molar-refractivity contribution in [3.05, 3.63) is 24.1 Å². The van der Waals surface area contributed by atoms with Crippen LogP contribution in [0.15, 0.2) is 22.7 Å². The summed E-state index contributed by atoms with van der Waals surface area (Å²) in [6, 6.07) is 5.47. The summed E-state index contributed by atoms with van der Waals surface area (Å²) in [5.74, 6) is 2.33. The molecule has 0 N–H and O–H groups in total. The summed E-state index contributed by atoms with van der Waals surface area (Å²) < 4.78 is 15.4. The molecule has 0 saturated carbocycles. The van der Waals surface area contributed by atoms with Crippen molar-refractivity contribution in [2.45, 2.75) is 6.32 Å². The lowest BCUT2D eigenvalue weighted by atomic mass is 10.1. The zero-order chi connectivity index (χ0) is 11.0. The molecular weight excluding hydrogens is 207 g/mol. The summed E-state index contributed by atoms with van der Waals surface area (Å²) in [4.78, 5) is 4.13. The fourth-order valence-electron chi connectivity index (χ4n) is 1.49. The van der Waals surface area contributed by atoms with Crippen LogP contribution in [0.1, 0.15) is 5.89 Å². The molecule has 0 fully saturated rings. The lowest BCUT2D eigenvalue weighted by Crippen LogP contribution is -1.92. The molecule has 0 unspecified atom stereocenters.